The molecule has 12 aromatic rings. The van der Waals surface area contributed by atoms with Gasteiger partial charge >= 0.3 is 0 Å². The zero-order valence-corrected chi connectivity index (χ0v) is 28.0. The predicted molar refractivity (Wildman–Crippen MR) is 217 cm³/mol. The average Bonchev–Trinajstić information content (AvgIpc) is 3.94. The van der Waals surface area contributed by atoms with Crippen molar-refractivity contribution in [2.24, 2.45) is 0 Å². The van der Waals surface area contributed by atoms with Gasteiger partial charge in [0.15, 0.2) is 0 Å². The molecule has 0 aliphatic carbocycles. The predicted octanol–water partition coefficient (Wildman–Crippen LogP) is 12.9. The van der Waals surface area contributed by atoms with Crippen LogP contribution in [0.5, 0.6) is 0 Å². The highest BCUT2D eigenvalue weighted by Gasteiger charge is 2.22. The highest BCUT2D eigenvalue weighted by Crippen LogP contribution is 2.43. The second-order valence-electron chi connectivity index (χ2n) is 13.7. The van der Waals surface area contributed by atoms with Crippen molar-refractivity contribution in [1.29, 1.82) is 0 Å². The maximum Gasteiger partial charge on any atom is 0.135 e. The highest BCUT2D eigenvalue weighted by atomic mass is 16.3. The summed E-state index contributed by atoms with van der Waals surface area (Å²) < 4.78 is 13.6. The van der Waals surface area contributed by atoms with Gasteiger partial charge < -0.3 is 18.1 Å². The number of benzene rings is 8. The molecule has 8 aromatic carbocycles. The highest BCUT2D eigenvalue weighted by molar-refractivity contribution is 6.24. The fourth-order valence-electron chi connectivity index (χ4n) is 8.86. The lowest BCUT2D eigenvalue weighted by molar-refractivity contribution is 0.669. The van der Waals surface area contributed by atoms with Crippen LogP contribution < -0.4 is 0 Å². The minimum Gasteiger partial charge on any atom is -0.456 e. The number of furan rings is 1. The van der Waals surface area contributed by atoms with E-state index in [-0.39, 0.29) is 0 Å². The molecular weight excluding hydrogens is 635 g/mol. The van der Waals surface area contributed by atoms with Crippen LogP contribution >= 0.6 is 0 Å². The smallest absolute Gasteiger partial charge is 0.135 e. The first-order valence-corrected chi connectivity index (χ1v) is 17.8. The van der Waals surface area contributed by atoms with Gasteiger partial charge in [-0.25, -0.2) is 0 Å². The number of para-hydroxylation sites is 5. The monoisotopic (exact) mass is 663 g/mol. The Morgan fingerprint density at radius 1 is 0.269 bits per heavy atom. The summed E-state index contributed by atoms with van der Waals surface area (Å²) in [7, 11) is 0. The van der Waals surface area contributed by atoms with E-state index in [9.17, 15) is 0 Å². The minimum atomic E-state index is 0.895. The Morgan fingerprint density at radius 3 is 1.27 bits per heavy atom. The first-order valence-electron chi connectivity index (χ1n) is 17.8. The van der Waals surface area contributed by atoms with E-state index in [1.807, 2.05) is 12.1 Å². The molecule has 0 atom stereocenters. The molecule has 0 aliphatic rings. The molecule has 4 heterocycles. The number of aromatic nitrogens is 3. The number of hydrogen-bond acceptors (Lipinski definition) is 1. The molecule has 0 unspecified atom stereocenters. The van der Waals surface area contributed by atoms with E-state index in [0.717, 1.165) is 39.0 Å². The molecule has 0 aliphatic heterocycles. The van der Waals surface area contributed by atoms with Crippen molar-refractivity contribution < 1.29 is 4.42 Å². The summed E-state index contributed by atoms with van der Waals surface area (Å²) in [4.78, 5) is 0. The number of rotatable bonds is 3. The van der Waals surface area contributed by atoms with E-state index in [4.69, 9.17) is 4.42 Å². The third kappa shape index (κ3) is 3.65. The summed E-state index contributed by atoms with van der Waals surface area (Å²) >= 11 is 0. The molecule has 0 spiro atoms. The Hall–Kier alpha value is -7.04. The van der Waals surface area contributed by atoms with Gasteiger partial charge in [0, 0.05) is 60.2 Å². The Kier molecular flexibility index (Phi) is 5.47. The second-order valence-corrected chi connectivity index (χ2v) is 13.7. The van der Waals surface area contributed by atoms with E-state index in [0.29, 0.717) is 0 Å². The number of nitrogens with zero attached hydrogens (tertiary/aromatic N) is 3. The Morgan fingerprint density at radius 2 is 0.692 bits per heavy atom. The molecule has 4 aromatic heterocycles. The summed E-state index contributed by atoms with van der Waals surface area (Å²) in [5.74, 6) is 0. The van der Waals surface area contributed by atoms with Crippen molar-refractivity contribution in [1.82, 2.24) is 13.7 Å². The van der Waals surface area contributed by atoms with Crippen LogP contribution in [0.3, 0.4) is 0 Å². The number of fused-ring (bicyclic) bond motifs is 13. The van der Waals surface area contributed by atoms with E-state index in [1.54, 1.807) is 0 Å². The van der Waals surface area contributed by atoms with Crippen LogP contribution in [-0.4, -0.2) is 13.7 Å². The van der Waals surface area contributed by atoms with E-state index in [1.165, 1.54) is 65.4 Å². The Labute approximate surface area is 297 Å². The van der Waals surface area contributed by atoms with Gasteiger partial charge in [-0.2, -0.15) is 0 Å². The van der Waals surface area contributed by atoms with Gasteiger partial charge in [0.2, 0.25) is 0 Å². The Balaban J connectivity index is 1.21. The summed E-state index contributed by atoms with van der Waals surface area (Å²) in [5, 5.41) is 9.67. The molecule has 4 nitrogen and oxygen atoms in total. The van der Waals surface area contributed by atoms with Crippen LogP contribution in [-0.2, 0) is 0 Å². The van der Waals surface area contributed by atoms with Gasteiger partial charge in [-0.3, -0.25) is 0 Å². The summed E-state index contributed by atoms with van der Waals surface area (Å²) in [6.07, 6.45) is 0. The SMILES string of the molecule is c1cc(-n2c3ccccc3c3ccccc32)cc(-n2c3ccccc3c3ccc4c5ccccc5n(-c5ccc6oc7ccccc7c6c5)c4c32)c1. The topological polar surface area (TPSA) is 27.9 Å². The largest absolute Gasteiger partial charge is 0.456 e. The van der Waals surface area contributed by atoms with Gasteiger partial charge in [-0.1, -0.05) is 109 Å². The standard InChI is InChI=1S/C48H29N3O/c1-6-19-41-33(14-1)34-15-2-7-20-42(34)49(41)30-12-11-13-31(28-30)50-43-21-8-3-16-35(43)38-25-26-39-36-17-4-9-22-44(36)51(48(39)47(38)50)32-24-27-46-40(29-32)37-18-5-10-23-45(37)52-46/h1-29H. The van der Waals surface area contributed by atoms with Gasteiger partial charge in [0.25, 0.3) is 0 Å². The van der Waals surface area contributed by atoms with Gasteiger partial charge in [0.05, 0.1) is 33.1 Å². The van der Waals surface area contributed by atoms with Crippen LogP contribution in [0.15, 0.2) is 180 Å². The third-order valence-corrected chi connectivity index (χ3v) is 11.0. The summed E-state index contributed by atoms with van der Waals surface area (Å²) in [6, 6.07) is 63.6. The Bertz CT molecular complexity index is 3370. The van der Waals surface area contributed by atoms with E-state index < -0.39 is 0 Å². The van der Waals surface area contributed by atoms with Gasteiger partial charge in [0.1, 0.15) is 11.2 Å². The lowest BCUT2D eigenvalue weighted by atomic mass is 10.1. The zero-order chi connectivity index (χ0) is 33.9. The van der Waals surface area contributed by atoms with E-state index >= 15 is 0 Å². The van der Waals surface area contributed by atoms with Crippen LogP contribution in [0.1, 0.15) is 0 Å². The fraction of sp³-hybridized carbons (Fsp3) is 0. The minimum absolute atomic E-state index is 0.895. The second kappa shape index (κ2) is 10.3. The maximum absolute atomic E-state index is 6.27. The van der Waals surface area contributed by atoms with Crippen molar-refractivity contribution in [2.75, 3.05) is 0 Å². The fourth-order valence-corrected chi connectivity index (χ4v) is 8.86. The quantitative estimate of drug-likeness (QED) is 0.185. The number of hydrogen-bond donors (Lipinski definition) is 0. The lowest BCUT2D eigenvalue weighted by Gasteiger charge is -2.14. The zero-order valence-electron chi connectivity index (χ0n) is 28.0. The van der Waals surface area contributed by atoms with Crippen LogP contribution in [0.25, 0.3) is 104 Å². The van der Waals surface area contributed by atoms with Crippen molar-refractivity contribution in [3.05, 3.63) is 176 Å². The van der Waals surface area contributed by atoms with Crippen molar-refractivity contribution in [2.45, 2.75) is 0 Å². The molecule has 4 heteroatoms. The molecule has 0 amide bonds. The molecule has 0 fully saturated rings. The molecule has 242 valence electrons. The van der Waals surface area contributed by atoms with Crippen molar-refractivity contribution in [3.8, 4) is 17.1 Å². The van der Waals surface area contributed by atoms with Gasteiger partial charge in [-0.05, 0) is 66.7 Å². The van der Waals surface area contributed by atoms with Crippen molar-refractivity contribution >= 4 is 87.4 Å². The average molecular weight is 664 g/mol. The molecule has 0 saturated carbocycles. The van der Waals surface area contributed by atoms with Gasteiger partial charge in [-0.15, -0.1) is 0 Å². The molecule has 0 bridgehead atoms. The first kappa shape index (κ1) is 27.7. The van der Waals surface area contributed by atoms with Crippen LogP contribution in [0.4, 0.5) is 0 Å². The molecule has 12 rings (SSSR count). The first-order chi connectivity index (χ1) is 25.8. The molecule has 0 radical (unpaired) electrons. The third-order valence-electron chi connectivity index (χ3n) is 11.0. The molecular formula is C48H29N3O. The molecule has 0 N–H and O–H groups in total. The molecule has 0 saturated heterocycles. The van der Waals surface area contributed by atoms with E-state index in [2.05, 4.69) is 177 Å². The summed E-state index contributed by atoms with van der Waals surface area (Å²) in [5.41, 5.74) is 12.3. The van der Waals surface area contributed by atoms with Crippen molar-refractivity contribution in [3.63, 3.8) is 0 Å². The summed E-state index contributed by atoms with van der Waals surface area (Å²) in [6.45, 7) is 0. The lowest BCUT2D eigenvalue weighted by Crippen LogP contribution is -2.00. The van der Waals surface area contributed by atoms with Crippen LogP contribution in [0, 0.1) is 0 Å². The maximum atomic E-state index is 6.27. The molecule has 52 heavy (non-hydrogen) atoms. The normalized spacial score (nSPS) is 12.2. The van der Waals surface area contributed by atoms with Crippen LogP contribution in [0.2, 0.25) is 0 Å².